The van der Waals surface area contributed by atoms with Crippen molar-refractivity contribution in [3.63, 3.8) is 0 Å². The summed E-state index contributed by atoms with van der Waals surface area (Å²) in [5.74, 6) is -0.843. The van der Waals surface area contributed by atoms with E-state index in [2.05, 4.69) is 5.43 Å². The number of carbonyl (C=O) groups is 2. The van der Waals surface area contributed by atoms with Crippen molar-refractivity contribution in [2.75, 3.05) is 51.4 Å². The molecular formula is C25H36N4O7S. The van der Waals surface area contributed by atoms with Crippen LogP contribution in [0.5, 0.6) is 5.75 Å². The van der Waals surface area contributed by atoms with Crippen molar-refractivity contribution < 1.29 is 33.0 Å². The average Bonchev–Trinajstić information content (AvgIpc) is 3.18. The van der Waals surface area contributed by atoms with Crippen LogP contribution in [0.1, 0.15) is 59.3 Å². The third-order valence-corrected chi connectivity index (χ3v) is 8.34. The first kappa shape index (κ1) is 28.6. The first-order chi connectivity index (χ1) is 17.7. The third-order valence-electron chi connectivity index (χ3n) is 6.44. The van der Waals surface area contributed by atoms with Gasteiger partial charge >= 0.3 is 5.97 Å². The summed E-state index contributed by atoms with van der Waals surface area (Å²) < 4.78 is 35.4. The van der Waals surface area contributed by atoms with Gasteiger partial charge in [0.05, 0.1) is 29.5 Å². The number of carbonyl (C=O) groups excluding carboxylic acids is 1. The zero-order valence-electron chi connectivity index (χ0n) is 21.6. The maximum absolute atomic E-state index is 13.5. The fourth-order valence-electron chi connectivity index (χ4n) is 4.66. The van der Waals surface area contributed by atoms with Crippen LogP contribution in [0.15, 0.2) is 23.1 Å². The van der Waals surface area contributed by atoms with Gasteiger partial charge in [0.2, 0.25) is 10.0 Å². The minimum atomic E-state index is -3.84. The number of anilines is 1. The first-order valence-corrected chi connectivity index (χ1v) is 14.0. The van der Waals surface area contributed by atoms with Gasteiger partial charge in [0.25, 0.3) is 0 Å². The van der Waals surface area contributed by atoms with E-state index in [1.165, 1.54) is 21.1 Å². The largest absolute Gasteiger partial charge is 0.492 e. The van der Waals surface area contributed by atoms with Crippen LogP contribution in [0.4, 0.5) is 5.69 Å². The van der Waals surface area contributed by atoms with Gasteiger partial charge in [0, 0.05) is 38.3 Å². The van der Waals surface area contributed by atoms with Crippen LogP contribution in [-0.2, 0) is 22.9 Å². The maximum Gasteiger partial charge on any atom is 0.354 e. The minimum absolute atomic E-state index is 0.0178. The standard InChI is InChI=1S/C25H36N4O7S/c1-4-7-22-20(17-31)19(5-2)24(25(32)33)29(22)26-21-16-18(8-9-23(21)36-6-3)37(34,35)28-12-10-27(11-13-28)14-15-30/h8-9,16-17,26,30H,4-7,10-15H2,1-3H3,(H,32,33). The SMILES string of the molecule is CCCc1c(C=O)c(CC)c(C(=O)O)n1Nc1cc(S(=O)(=O)N2CCN(CCO)CC2)ccc1OCC. The summed E-state index contributed by atoms with van der Waals surface area (Å²) in [6, 6.07) is 4.46. The number of hydrogen-bond donors (Lipinski definition) is 3. The van der Waals surface area contributed by atoms with Gasteiger partial charge in [-0.25, -0.2) is 13.2 Å². The Morgan fingerprint density at radius 1 is 1.16 bits per heavy atom. The molecule has 0 unspecified atom stereocenters. The van der Waals surface area contributed by atoms with Gasteiger partial charge in [0.15, 0.2) is 12.0 Å². The Kier molecular flexibility index (Phi) is 9.71. The number of piperazine rings is 1. The zero-order valence-corrected chi connectivity index (χ0v) is 22.4. The number of β-amino-alcohol motifs (C(OH)–C–C–N with tert-alkyl or cyclic N) is 1. The Bertz CT molecular complexity index is 1220. The van der Waals surface area contributed by atoms with Crippen molar-refractivity contribution in [1.29, 1.82) is 0 Å². The molecule has 0 aliphatic carbocycles. The lowest BCUT2D eigenvalue weighted by molar-refractivity contribution is 0.0685. The van der Waals surface area contributed by atoms with Crippen molar-refractivity contribution >= 4 is 28.0 Å². The molecule has 0 spiro atoms. The summed E-state index contributed by atoms with van der Waals surface area (Å²) in [4.78, 5) is 26.3. The summed E-state index contributed by atoms with van der Waals surface area (Å²) in [5.41, 5.74) is 4.54. The monoisotopic (exact) mass is 536 g/mol. The smallest absolute Gasteiger partial charge is 0.354 e. The van der Waals surface area contributed by atoms with Crippen LogP contribution in [0.25, 0.3) is 0 Å². The number of ether oxygens (including phenoxy) is 1. The predicted molar refractivity (Wildman–Crippen MR) is 139 cm³/mol. The lowest BCUT2D eigenvalue weighted by Crippen LogP contribution is -2.49. The second-order valence-corrected chi connectivity index (χ2v) is 10.7. The summed E-state index contributed by atoms with van der Waals surface area (Å²) in [5, 5.41) is 19.2. The molecule has 3 rings (SSSR count). The van der Waals surface area contributed by atoms with Gasteiger partial charge in [0.1, 0.15) is 5.75 Å². The van der Waals surface area contributed by atoms with Crippen LogP contribution >= 0.6 is 0 Å². The summed E-state index contributed by atoms with van der Waals surface area (Å²) in [6.45, 7) is 7.95. The number of carboxylic acid groups (broad SMARTS) is 1. The quantitative estimate of drug-likeness (QED) is 0.328. The van der Waals surface area contributed by atoms with Crippen LogP contribution in [0.3, 0.4) is 0 Å². The number of aliphatic hydroxyl groups is 1. The highest BCUT2D eigenvalue weighted by molar-refractivity contribution is 7.89. The first-order valence-electron chi connectivity index (χ1n) is 12.5. The molecule has 2 aromatic rings. The fourth-order valence-corrected chi connectivity index (χ4v) is 6.11. The van der Waals surface area contributed by atoms with Gasteiger partial charge < -0.3 is 14.9 Å². The highest BCUT2D eigenvalue weighted by Crippen LogP contribution is 2.32. The number of aldehydes is 1. The molecule has 1 saturated heterocycles. The average molecular weight is 537 g/mol. The molecule has 11 nitrogen and oxygen atoms in total. The van der Waals surface area contributed by atoms with Crippen LogP contribution in [0.2, 0.25) is 0 Å². The van der Waals surface area contributed by atoms with Crippen LogP contribution in [-0.4, -0.2) is 90.7 Å². The number of nitrogens with zero attached hydrogens (tertiary/aromatic N) is 3. The maximum atomic E-state index is 13.5. The molecule has 0 saturated carbocycles. The Hall–Kier alpha value is -2.93. The molecule has 0 amide bonds. The molecular weight excluding hydrogens is 500 g/mol. The number of aromatic nitrogens is 1. The number of nitrogens with one attached hydrogen (secondary N) is 1. The number of carboxylic acids is 1. The Balaban J connectivity index is 2.07. The van der Waals surface area contributed by atoms with E-state index < -0.39 is 16.0 Å². The van der Waals surface area contributed by atoms with E-state index in [9.17, 15) is 23.1 Å². The minimum Gasteiger partial charge on any atom is -0.492 e. The fraction of sp³-hybridized carbons (Fsp3) is 0.520. The summed E-state index contributed by atoms with van der Waals surface area (Å²) in [7, 11) is -3.84. The number of hydrogen-bond acceptors (Lipinski definition) is 8. The molecule has 1 fully saturated rings. The number of benzene rings is 1. The van der Waals surface area contributed by atoms with Crippen molar-refractivity contribution in [1.82, 2.24) is 13.9 Å². The lowest BCUT2D eigenvalue weighted by atomic mass is 10.1. The Morgan fingerprint density at radius 3 is 2.41 bits per heavy atom. The normalized spacial score (nSPS) is 15.0. The van der Waals surface area contributed by atoms with Crippen molar-refractivity contribution in [3.8, 4) is 5.75 Å². The van der Waals surface area contributed by atoms with Crippen LogP contribution < -0.4 is 10.2 Å². The molecule has 0 atom stereocenters. The molecule has 1 aromatic heterocycles. The molecule has 0 bridgehead atoms. The summed E-state index contributed by atoms with van der Waals surface area (Å²) in [6.07, 6.45) is 2.14. The second-order valence-electron chi connectivity index (χ2n) is 8.72. The molecule has 0 radical (unpaired) electrons. The topological polar surface area (TPSA) is 141 Å². The Morgan fingerprint density at radius 2 is 1.86 bits per heavy atom. The molecule has 3 N–H and O–H groups in total. The molecule has 2 heterocycles. The van der Waals surface area contributed by atoms with Gasteiger partial charge in [-0.1, -0.05) is 20.3 Å². The van der Waals surface area contributed by atoms with Gasteiger partial charge in [-0.05, 0) is 43.5 Å². The number of aliphatic hydroxyl groups excluding tert-OH is 1. The predicted octanol–water partition coefficient (Wildman–Crippen LogP) is 2.09. The van der Waals surface area contributed by atoms with E-state index in [-0.39, 0.29) is 22.9 Å². The molecule has 37 heavy (non-hydrogen) atoms. The third kappa shape index (κ3) is 5.98. The van der Waals surface area contributed by atoms with E-state index in [1.54, 1.807) is 19.9 Å². The van der Waals surface area contributed by atoms with Crippen molar-refractivity contribution in [3.05, 3.63) is 40.7 Å². The molecule has 1 aliphatic heterocycles. The van der Waals surface area contributed by atoms with Crippen molar-refractivity contribution in [2.45, 2.75) is 44.9 Å². The van der Waals surface area contributed by atoms with E-state index in [4.69, 9.17) is 9.84 Å². The van der Waals surface area contributed by atoms with Gasteiger partial charge in [-0.3, -0.25) is 19.8 Å². The molecule has 12 heteroatoms. The lowest BCUT2D eigenvalue weighted by Gasteiger charge is -2.33. The molecule has 204 valence electrons. The van der Waals surface area contributed by atoms with Crippen LogP contribution in [0, 0.1) is 0 Å². The number of rotatable bonds is 13. The second kappa shape index (κ2) is 12.5. The van der Waals surface area contributed by atoms with Crippen molar-refractivity contribution in [2.24, 2.45) is 0 Å². The van der Waals surface area contributed by atoms with E-state index in [1.807, 2.05) is 11.8 Å². The number of sulfonamides is 1. The molecule has 1 aliphatic rings. The summed E-state index contributed by atoms with van der Waals surface area (Å²) >= 11 is 0. The highest BCUT2D eigenvalue weighted by Gasteiger charge is 2.30. The number of aromatic carboxylic acids is 1. The van der Waals surface area contributed by atoms with Gasteiger partial charge in [-0.2, -0.15) is 4.31 Å². The highest BCUT2D eigenvalue weighted by atomic mass is 32.2. The zero-order chi connectivity index (χ0) is 27.2. The Labute approximate surface area is 217 Å². The molecule has 1 aromatic carbocycles. The van der Waals surface area contributed by atoms with Gasteiger partial charge in [-0.15, -0.1) is 0 Å². The van der Waals surface area contributed by atoms with E-state index in [0.29, 0.717) is 87.4 Å². The van der Waals surface area contributed by atoms with E-state index >= 15 is 0 Å². The van der Waals surface area contributed by atoms with E-state index in [0.717, 1.165) is 0 Å².